The standard InChI is InChI=1S/C10H15BrN2S/c1-12-10(7-2-3-13-5-7)9-4-8(11)6-14-9/h4,6-7,10,12-13H,2-3,5H2,1H3. The van der Waals surface area contributed by atoms with Crippen molar-refractivity contribution in [2.45, 2.75) is 12.5 Å². The van der Waals surface area contributed by atoms with Gasteiger partial charge in [-0.05, 0) is 54.5 Å². The van der Waals surface area contributed by atoms with Crippen LogP contribution in [0.2, 0.25) is 0 Å². The van der Waals surface area contributed by atoms with Crippen molar-refractivity contribution in [1.82, 2.24) is 10.6 Å². The van der Waals surface area contributed by atoms with Gasteiger partial charge in [-0.15, -0.1) is 11.3 Å². The van der Waals surface area contributed by atoms with Crippen molar-refractivity contribution in [3.63, 3.8) is 0 Å². The van der Waals surface area contributed by atoms with Crippen LogP contribution >= 0.6 is 27.3 Å². The zero-order valence-corrected chi connectivity index (χ0v) is 10.6. The summed E-state index contributed by atoms with van der Waals surface area (Å²) in [6.07, 6.45) is 1.28. The van der Waals surface area contributed by atoms with Crippen molar-refractivity contribution < 1.29 is 0 Å². The van der Waals surface area contributed by atoms with Crippen LogP contribution in [0, 0.1) is 5.92 Å². The summed E-state index contributed by atoms with van der Waals surface area (Å²) in [5.41, 5.74) is 0. The van der Waals surface area contributed by atoms with Gasteiger partial charge >= 0.3 is 0 Å². The Hall–Kier alpha value is 0.1000. The van der Waals surface area contributed by atoms with E-state index in [0.29, 0.717) is 6.04 Å². The van der Waals surface area contributed by atoms with E-state index in [9.17, 15) is 0 Å². The van der Waals surface area contributed by atoms with Crippen LogP contribution < -0.4 is 10.6 Å². The Morgan fingerprint density at radius 2 is 2.57 bits per heavy atom. The molecule has 2 heterocycles. The average molecular weight is 275 g/mol. The van der Waals surface area contributed by atoms with Gasteiger partial charge in [0.2, 0.25) is 0 Å². The summed E-state index contributed by atoms with van der Waals surface area (Å²) in [6.45, 7) is 2.30. The summed E-state index contributed by atoms with van der Waals surface area (Å²) in [4.78, 5) is 1.44. The summed E-state index contributed by atoms with van der Waals surface area (Å²) in [5, 5.41) is 8.99. The first kappa shape index (κ1) is 10.6. The molecule has 0 radical (unpaired) electrons. The lowest BCUT2D eigenvalue weighted by atomic mass is 9.98. The zero-order valence-electron chi connectivity index (χ0n) is 8.22. The molecule has 2 atom stereocenters. The molecule has 1 aromatic heterocycles. The topological polar surface area (TPSA) is 24.1 Å². The van der Waals surface area contributed by atoms with Gasteiger partial charge in [-0.2, -0.15) is 0 Å². The first-order valence-corrected chi connectivity index (χ1v) is 6.60. The molecule has 1 aliphatic rings. The molecule has 1 aliphatic heterocycles. The lowest BCUT2D eigenvalue weighted by Gasteiger charge is -2.20. The van der Waals surface area contributed by atoms with Gasteiger partial charge in [0.05, 0.1) is 0 Å². The molecule has 78 valence electrons. The van der Waals surface area contributed by atoms with Crippen molar-refractivity contribution >= 4 is 27.3 Å². The first-order valence-electron chi connectivity index (χ1n) is 4.93. The van der Waals surface area contributed by atoms with Crippen LogP contribution in [0.4, 0.5) is 0 Å². The minimum atomic E-state index is 0.515. The quantitative estimate of drug-likeness (QED) is 0.885. The predicted molar refractivity (Wildman–Crippen MR) is 64.8 cm³/mol. The number of halogens is 1. The van der Waals surface area contributed by atoms with Gasteiger partial charge in [0, 0.05) is 20.8 Å². The molecule has 0 bridgehead atoms. The molecule has 2 unspecified atom stereocenters. The molecule has 2 rings (SSSR count). The highest BCUT2D eigenvalue weighted by atomic mass is 79.9. The van der Waals surface area contributed by atoms with Crippen molar-refractivity contribution in [3.8, 4) is 0 Å². The Labute approximate surface area is 97.2 Å². The van der Waals surface area contributed by atoms with E-state index in [4.69, 9.17) is 0 Å². The zero-order chi connectivity index (χ0) is 9.97. The minimum absolute atomic E-state index is 0.515. The van der Waals surface area contributed by atoms with Crippen LogP contribution in [-0.2, 0) is 0 Å². The van der Waals surface area contributed by atoms with E-state index < -0.39 is 0 Å². The maximum atomic E-state index is 3.51. The van der Waals surface area contributed by atoms with Crippen molar-refractivity contribution in [2.24, 2.45) is 5.92 Å². The molecule has 2 nitrogen and oxygen atoms in total. The molecule has 1 fully saturated rings. The third-order valence-corrected chi connectivity index (χ3v) is 4.55. The minimum Gasteiger partial charge on any atom is -0.316 e. The number of thiophene rings is 1. The summed E-state index contributed by atoms with van der Waals surface area (Å²) in [6, 6.07) is 2.74. The van der Waals surface area contributed by atoms with E-state index in [-0.39, 0.29) is 0 Å². The maximum absolute atomic E-state index is 3.51. The van der Waals surface area contributed by atoms with Gasteiger partial charge in [0.1, 0.15) is 0 Å². The Kier molecular flexibility index (Phi) is 3.60. The first-order chi connectivity index (χ1) is 6.81. The molecular formula is C10H15BrN2S. The van der Waals surface area contributed by atoms with E-state index in [2.05, 4.69) is 45.1 Å². The van der Waals surface area contributed by atoms with Crippen LogP contribution in [-0.4, -0.2) is 20.1 Å². The number of hydrogen-bond acceptors (Lipinski definition) is 3. The van der Waals surface area contributed by atoms with Crippen LogP contribution in [0.15, 0.2) is 15.9 Å². The Bertz CT molecular complexity index is 294. The molecule has 1 aromatic rings. The number of rotatable bonds is 3. The van der Waals surface area contributed by atoms with Crippen molar-refractivity contribution in [2.75, 3.05) is 20.1 Å². The second kappa shape index (κ2) is 4.75. The van der Waals surface area contributed by atoms with E-state index in [1.165, 1.54) is 15.8 Å². The number of nitrogens with one attached hydrogen (secondary N) is 2. The summed E-state index contributed by atoms with van der Waals surface area (Å²) >= 11 is 5.34. The molecule has 0 amide bonds. The van der Waals surface area contributed by atoms with Gasteiger partial charge in [-0.3, -0.25) is 0 Å². The molecule has 0 spiro atoms. The normalized spacial score (nSPS) is 24.0. The largest absolute Gasteiger partial charge is 0.316 e. The Balaban J connectivity index is 2.12. The monoisotopic (exact) mass is 274 g/mol. The molecule has 14 heavy (non-hydrogen) atoms. The van der Waals surface area contributed by atoms with Gasteiger partial charge in [-0.25, -0.2) is 0 Å². The summed E-state index contributed by atoms with van der Waals surface area (Å²) in [7, 11) is 2.05. The summed E-state index contributed by atoms with van der Waals surface area (Å²) in [5.74, 6) is 0.741. The van der Waals surface area contributed by atoms with Crippen LogP contribution in [0.1, 0.15) is 17.3 Å². The Morgan fingerprint density at radius 1 is 1.71 bits per heavy atom. The van der Waals surface area contributed by atoms with Crippen LogP contribution in [0.3, 0.4) is 0 Å². The van der Waals surface area contributed by atoms with E-state index in [1.807, 2.05) is 11.3 Å². The third kappa shape index (κ3) is 2.19. The molecule has 4 heteroatoms. The third-order valence-electron chi connectivity index (χ3n) is 2.78. The Morgan fingerprint density at radius 3 is 3.07 bits per heavy atom. The SMILES string of the molecule is CNC(c1cc(Br)cs1)C1CCNC1. The fraction of sp³-hybridized carbons (Fsp3) is 0.600. The molecule has 2 N–H and O–H groups in total. The van der Waals surface area contributed by atoms with E-state index >= 15 is 0 Å². The van der Waals surface area contributed by atoms with Crippen LogP contribution in [0.25, 0.3) is 0 Å². The lowest BCUT2D eigenvalue weighted by molar-refractivity contribution is 0.416. The predicted octanol–water partition coefficient (Wildman–Crippen LogP) is 2.38. The molecule has 0 aromatic carbocycles. The molecule has 1 saturated heterocycles. The average Bonchev–Trinajstić information content (AvgIpc) is 2.79. The lowest BCUT2D eigenvalue weighted by Crippen LogP contribution is -2.26. The van der Waals surface area contributed by atoms with Gasteiger partial charge in [0.25, 0.3) is 0 Å². The van der Waals surface area contributed by atoms with E-state index in [1.54, 1.807) is 0 Å². The number of hydrogen-bond donors (Lipinski definition) is 2. The second-order valence-corrected chi connectivity index (χ2v) is 5.55. The van der Waals surface area contributed by atoms with Gasteiger partial charge in [-0.1, -0.05) is 0 Å². The fourth-order valence-corrected chi connectivity index (χ4v) is 3.71. The summed E-state index contributed by atoms with van der Waals surface area (Å²) < 4.78 is 1.20. The van der Waals surface area contributed by atoms with Crippen LogP contribution in [0.5, 0.6) is 0 Å². The highest BCUT2D eigenvalue weighted by molar-refractivity contribution is 9.10. The van der Waals surface area contributed by atoms with Gasteiger partial charge in [0.15, 0.2) is 0 Å². The molecule has 0 saturated carbocycles. The highest BCUT2D eigenvalue weighted by Gasteiger charge is 2.25. The van der Waals surface area contributed by atoms with Crippen molar-refractivity contribution in [1.29, 1.82) is 0 Å². The van der Waals surface area contributed by atoms with E-state index in [0.717, 1.165) is 19.0 Å². The highest BCUT2D eigenvalue weighted by Crippen LogP contribution is 2.32. The molecular weight excluding hydrogens is 260 g/mol. The molecule has 0 aliphatic carbocycles. The maximum Gasteiger partial charge on any atom is 0.0454 e. The smallest absolute Gasteiger partial charge is 0.0454 e. The van der Waals surface area contributed by atoms with Gasteiger partial charge < -0.3 is 10.6 Å². The second-order valence-electron chi connectivity index (χ2n) is 3.69. The van der Waals surface area contributed by atoms with Crippen molar-refractivity contribution in [3.05, 3.63) is 20.8 Å². The fourth-order valence-electron chi connectivity index (χ4n) is 2.06.